The van der Waals surface area contributed by atoms with Gasteiger partial charge in [0.1, 0.15) is 12.1 Å². The van der Waals surface area contributed by atoms with Gasteiger partial charge in [-0.05, 0) is 13.8 Å². The number of rotatable bonds is 6. The molecule has 0 amide bonds. The molecule has 1 aliphatic heterocycles. The van der Waals surface area contributed by atoms with Crippen molar-refractivity contribution >= 4 is 17.9 Å². The molecule has 1 fully saturated rings. The Balaban J connectivity index is 2.63. The molecule has 17 heavy (non-hydrogen) atoms. The molecule has 0 spiro atoms. The van der Waals surface area contributed by atoms with Crippen molar-refractivity contribution in [3.8, 4) is 0 Å². The zero-order valence-corrected chi connectivity index (χ0v) is 9.71. The molecule has 96 valence electrons. The summed E-state index contributed by atoms with van der Waals surface area (Å²) in [6.45, 7) is 3.27. The number of hydrogen-bond acceptors (Lipinski definition) is 6. The maximum absolute atomic E-state index is 11.5. The van der Waals surface area contributed by atoms with Crippen molar-refractivity contribution in [3.63, 3.8) is 0 Å². The highest BCUT2D eigenvalue weighted by Crippen LogP contribution is 2.30. The minimum atomic E-state index is -1.11. The third-order valence-corrected chi connectivity index (χ3v) is 2.30. The topological polar surface area (TPSA) is 92.9 Å². The number of carboxylic acids is 1. The first kappa shape index (κ1) is 13.4. The zero-order chi connectivity index (χ0) is 13.0. The maximum Gasteiger partial charge on any atom is 0.325 e. The average Bonchev–Trinajstić information content (AvgIpc) is 2.91. The summed E-state index contributed by atoms with van der Waals surface area (Å²) < 4.78 is 9.51. The van der Waals surface area contributed by atoms with Gasteiger partial charge in [-0.2, -0.15) is 0 Å². The number of esters is 2. The van der Waals surface area contributed by atoms with Gasteiger partial charge in [-0.15, -0.1) is 0 Å². The van der Waals surface area contributed by atoms with Crippen molar-refractivity contribution in [2.45, 2.75) is 25.9 Å². The van der Waals surface area contributed by atoms with Gasteiger partial charge < -0.3 is 14.6 Å². The highest BCUT2D eigenvalue weighted by Gasteiger charge is 2.59. The molecule has 0 aromatic heterocycles. The fourth-order valence-corrected chi connectivity index (χ4v) is 1.61. The van der Waals surface area contributed by atoms with Crippen molar-refractivity contribution < 1.29 is 29.0 Å². The molecule has 1 N–H and O–H groups in total. The number of nitrogens with zero attached hydrogens (tertiary/aromatic N) is 1. The van der Waals surface area contributed by atoms with Crippen molar-refractivity contribution in [2.75, 3.05) is 19.8 Å². The smallest absolute Gasteiger partial charge is 0.325 e. The van der Waals surface area contributed by atoms with Crippen LogP contribution in [0.5, 0.6) is 0 Å². The van der Waals surface area contributed by atoms with E-state index in [-0.39, 0.29) is 19.8 Å². The monoisotopic (exact) mass is 245 g/mol. The average molecular weight is 245 g/mol. The van der Waals surface area contributed by atoms with Gasteiger partial charge in [-0.3, -0.25) is 19.3 Å². The molecule has 0 aromatic carbocycles. The van der Waals surface area contributed by atoms with E-state index in [0.717, 1.165) is 0 Å². The summed E-state index contributed by atoms with van der Waals surface area (Å²) in [4.78, 5) is 34.7. The van der Waals surface area contributed by atoms with E-state index in [1.165, 1.54) is 4.90 Å². The van der Waals surface area contributed by atoms with Gasteiger partial charge in [0.15, 0.2) is 0 Å². The molecule has 1 heterocycles. The molecule has 7 nitrogen and oxygen atoms in total. The van der Waals surface area contributed by atoms with E-state index in [1.54, 1.807) is 13.8 Å². The molecule has 0 aromatic rings. The summed E-state index contributed by atoms with van der Waals surface area (Å²) >= 11 is 0. The Bertz CT molecular complexity index is 305. The molecule has 1 saturated heterocycles. The minimum Gasteiger partial charge on any atom is -0.480 e. The molecule has 1 aliphatic rings. The van der Waals surface area contributed by atoms with Crippen LogP contribution >= 0.6 is 0 Å². The molecule has 0 aliphatic carbocycles. The number of carbonyl (C=O) groups is 3. The summed E-state index contributed by atoms with van der Waals surface area (Å²) in [5.41, 5.74) is 0. The van der Waals surface area contributed by atoms with Crippen LogP contribution in [0, 0.1) is 0 Å². The second-order valence-electron chi connectivity index (χ2n) is 3.46. The molecule has 7 heteroatoms. The summed E-state index contributed by atoms with van der Waals surface area (Å²) in [7, 11) is 0. The third-order valence-electron chi connectivity index (χ3n) is 2.30. The molecule has 1 rings (SSSR count). The van der Waals surface area contributed by atoms with Crippen LogP contribution in [-0.2, 0) is 23.9 Å². The summed E-state index contributed by atoms with van der Waals surface area (Å²) in [5.74, 6) is -2.29. The lowest BCUT2D eigenvalue weighted by molar-refractivity contribution is -0.147. The van der Waals surface area contributed by atoms with Crippen LogP contribution in [0.2, 0.25) is 0 Å². The second-order valence-corrected chi connectivity index (χ2v) is 3.46. The second kappa shape index (κ2) is 5.62. The molecule has 0 radical (unpaired) electrons. The lowest BCUT2D eigenvalue weighted by Gasteiger charge is -1.99. The summed E-state index contributed by atoms with van der Waals surface area (Å²) in [6, 6.07) is -1.66. The normalized spacial score (nSPS) is 26.1. The number of aliphatic carboxylic acids is 1. The Hall–Kier alpha value is -1.63. The minimum absolute atomic E-state index is 0.186. The van der Waals surface area contributed by atoms with Gasteiger partial charge in [0.05, 0.1) is 19.8 Å². The van der Waals surface area contributed by atoms with E-state index < -0.39 is 30.0 Å². The number of hydrogen-bond donors (Lipinski definition) is 1. The predicted octanol–water partition coefficient (Wildman–Crippen LogP) is -0.750. The lowest BCUT2D eigenvalue weighted by Crippen LogP contribution is -2.20. The largest absolute Gasteiger partial charge is 0.480 e. The molecular weight excluding hydrogens is 230 g/mol. The van der Waals surface area contributed by atoms with E-state index in [2.05, 4.69) is 0 Å². The van der Waals surface area contributed by atoms with Gasteiger partial charge in [0.25, 0.3) is 0 Å². The van der Waals surface area contributed by atoms with Crippen LogP contribution in [0.1, 0.15) is 13.8 Å². The SMILES string of the molecule is CCOC(=O)[C@H]1[C@H](C(=O)OCC)N1CC(=O)O. The summed E-state index contributed by atoms with van der Waals surface area (Å²) in [6.07, 6.45) is 0. The van der Waals surface area contributed by atoms with Crippen molar-refractivity contribution in [1.29, 1.82) is 0 Å². The Morgan fingerprint density at radius 3 is 1.76 bits per heavy atom. The fourth-order valence-electron chi connectivity index (χ4n) is 1.61. The van der Waals surface area contributed by atoms with Gasteiger partial charge in [0.2, 0.25) is 0 Å². The van der Waals surface area contributed by atoms with E-state index in [0.29, 0.717) is 0 Å². The Kier molecular flexibility index (Phi) is 4.45. The Morgan fingerprint density at radius 2 is 1.47 bits per heavy atom. The zero-order valence-electron chi connectivity index (χ0n) is 9.71. The van der Waals surface area contributed by atoms with Crippen LogP contribution in [0.3, 0.4) is 0 Å². The van der Waals surface area contributed by atoms with Crippen LogP contribution in [-0.4, -0.2) is 59.8 Å². The number of carbonyl (C=O) groups excluding carboxylic acids is 2. The molecule has 0 unspecified atom stereocenters. The maximum atomic E-state index is 11.5. The number of ether oxygens (including phenoxy) is 2. The third kappa shape index (κ3) is 3.16. The molecule has 0 saturated carbocycles. The first-order valence-electron chi connectivity index (χ1n) is 5.33. The highest BCUT2D eigenvalue weighted by atomic mass is 16.5. The lowest BCUT2D eigenvalue weighted by atomic mass is 10.3. The van der Waals surface area contributed by atoms with Crippen molar-refractivity contribution in [3.05, 3.63) is 0 Å². The van der Waals surface area contributed by atoms with Gasteiger partial charge in [-0.1, -0.05) is 0 Å². The molecular formula is C10H15NO6. The number of carboxylic acid groups (broad SMARTS) is 1. The quantitative estimate of drug-likeness (QED) is 0.486. The van der Waals surface area contributed by atoms with Crippen LogP contribution in [0.15, 0.2) is 0 Å². The first-order chi connectivity index (χ1) is 8.02. The van der Waals surface area contributed by atoms with E-state index in [9.17, 15) is 14.4 Å². The Morgan fingerprint density at radius 1 is 1.06 bits per heavy atom. The van der Waals surface area contributed by atoms with E-state index >= 15 is 0 Å². The van der Waals surface area contributed by atoms with E-state index in [4.69, 9.17) is 14.6 Å². The van der Waals surface area contributed by atoms with Gasteiger partial charge in [0, 0.05) is 0 Å². The molecule has 0 bridgehead atoms. The first-order valence-corrected chi connectivity index (χ1v) is 5.33. The van der Waals surface area contributed by atoms with Crippen molar-refractivity contribution in [2.24, 2.45) is 0 Å². The van der Waals surface area contributed by atoms with E-state index in [1.807, 2.05) is 0 Å². The van der Waals surface area contributed by atoms with Gasteiger partial charge >= 0.3 is 17.9 Å². The highest BCUT2D eigenvalue weighted by molar-refractivity contribution is 5.94. The van der Waals surface area contributed by atoms with Crippen LogP contribution in [0.25, 0.3) is 0 Å². The Labute approximate surface area is 98.3 Å². The molecule has 2 atom stereocenters. The van der Waals surface area contributed by atoms with Crippen LogP contribution in [0.4, 0.5) is 0 Å². The van der Waals surface area contributed by atoms with Crippen molar-refractivity contribution in [1.82, 2.24) is 4.90 Å². The summed E-state index contributed by atoms with van der Waals surface area (Å²) in [5, 5.41) is 8.64. The standard InChI is InChI=1S/C10H15NO6/c1-3-16-9(14)7-8(10(15)17-4-2)11(7)5-6(12)13/h7-8H,3-5H2,1-2H3,(H,12,13)/t7-,8-/m1/s1. The van der Waals surface area contributed by atoms with Gasteiger partial charge in [-0.25, -0.2) is 0 Å². The predicted molar refractivity (Wildman–Crippen MR) is 55.2 cm³/mol. The fraction of sp³-hybridized carbons (Fsp3) is 0.700. The van der Waals surface area contributed by atoms with Crippen LogP contribution < -0.4 is 0 Å².